The Bertz CT molecular complexity index is 529. The molecule has 3 nitrogen and oxygen atoms in total. The van der Waals surface area contributed by atoms with Crippen LogP contribution in [0.4, 0.5) is 0 Å². The summed E-state index contributed by atoms with van der Waals surface area (Å²) in [6, 6.07) is 8.48. The van der Waals surface area contributed by atoms with Gasteiger partial charge in [0.15, 0.2) is 0 Å². The molecule has 0 aliphatic rings. The van der Waals surface area contributed by atoms with Crippen molar-refractivity contribution in [1.29, 1.82) is 0 Å². The highest BCUT2D eigenvalue weighted by Gasteiger charge is 2.09. The summed E-state index contributed by atoms with van der Waals surface area (Å²) in [5, 5.41) is 1.26. The summed E-state index contributed by atoms with van der Waals surface area (Å²) in [5.41, 5.74) is 2.57. The molecule has 1 aromatic heterocycles. The molecule has 2 aromatic rings. The van der Waals surface area contributed by atoms with E-state index in [2.05, 4.69) is 42.7 Å². The van der Waals surface area contributed by atoms with Gasteiger partial charge in [0.05, 0.1) is 12.6 Å². The van der Waals surface area contributed by atoms with Gasteiger partial charge in [-0.1, -0.05) is 12.1 Å². The minimum absolute atomic E-state index is 0.953. The van der Waals surface area contributed by atoms with Gasteiger partial charge in [-0.25, -0.2) is 0 Å². The molecular formula is C15H22N2O. The minimum Gasteiger partial charge on any atom is -0.495 e. The van der Waals surface area contributed by atoms with Gasteiger partial charge in [-0.2, -0.15) is 0 Å². The molecule has 1 heterocycles. The van der Waals surface area contributed by atoms with Crippen LogP contribution in [0, 0.1) is 0 Å². The van der Waals surface area contributed by atoms with Crippen LogP contribution < -0.4 is 4.74 Å². The summed E-state index contributed by atoms with van der Waals surface area (Å²) < 4.78 is 7.69. The molecule has 1 aromatic carbocycles. The van der Waals surface area contributed by atoms with Crippen molar-refractivity contribution < 1.29 is 4.74 Å². The lowest BCUT2D eigenvalue weighted by atomic mass is 10.2. The SMILES string of the molecule is COc1cccc2cc(CCCN(C)C)n(C)c12. The third-order valence-electron chi connectivity index (χ3n) is 3.38. The van der Waals surface area contributed by atoms with Gasteiger partial charge in [-0.05, 0) is 45.6 Å². The summed E-state index contributed by atoms with van der Waals surface area (Å²) in [5.74, 6) is 0.953. The molecule has 0 saturated carbocycles. The maximum absolute atomic E-state index is 5.44. The Kier molecular flexibility index (Phi) is 3.92. The van der Waals surface area contributed by atoms with E-state index < -0.39 is 0 Å². The zero-order valence-corrected chi connectivity index (χ0v) is 11.7. The molecule has 2 rings (SSSR count). The van der Waals surface area contributed by atoms with E-state index in [-0.39, 0.29) is 0 Å². The summed E-state index contributed by atoms with van der Waals surface area (Å²) in [4.78, 5) is 2.23. The van der Waals surface area contributed by atoms with E-state index in [4.69, 9.17) is 4.74 Å². The Hall–Kier alpha value is -1.48. The zero-order chi connectivity index (χ0) is 13.1. The largest absolute Gasteiger partial charge is 0.495 e. The number of hydrogen-bond donors (Lipinski definition) is 0. The maximum atomic E-state index is 5.44. The fourth-order valence-electron chi connectivity index (χ4n) is 2.42. The second-order valence-electron chi connectivity index (χ2n) is 5.00. The predicted molar refractivity (Wildman–Crippen MR) is 76.3 cm³/mol. The molecular weight excluding hydrogens is 224 g/mol. The van der Waals surface area contributed by atoms with Gasteiger partial charge < -0.3 is 14.2 Å². The molecule has 0 amide bonds. The minimum atomic E-state index is 0.953. The van der Waals surface area contributed by atoms with Crippen molar-refractivity contribution in [2.45, 2.75) is 12.8 Å². The molecule has 0 N–H and O–H groups in total. The number of rotatable bonds is 5. The Labute approximate surface area is 109 Å². The highest BCUT2D eigenvalue weighted by atomic mass is 16.5. The van der Waals surface area contributed by atoms with Crippen molar-refractivity contribution in [2.75, 3.05) is 27.7 Å². The highest BCUT2D eigenvalue weighted by molar-refractivity contribution is 5.86. The summed E-state index contributed by atoms with van der Waals surface area (Å²) in [6.45, 7) is 1.12. The first kappa shape index (κ1) is 13.0. The number of benzene rings is 1. The molecule has 0 fully saturated rings. The molecule has 0 aliphatic heterocycles. The molecule has 3 heteroatoms. The van der Waals surface area contributed by atoms with Gasteiger partial charge in [-0.3, -0.25) is 0 Å². The van der Waals surface area contributed by atoms with Gasteiger partial charge in [0.2, 0.25) is 0 Å². The van der Waals surface area contributed by atoms with E-state index in [1.807, 2.05) is 12.1 Å². The molecule has 0 atom stereocenters. The van der Waals surface area contributed by atoms with Crippen LogP contribution in [-0.4, -0.2) is 37.2 Å². The van der Waals surface area contributed by atoms with Gasteiger partial charge >= 0.3 is 0 Å². The van der Waals surface area contributed by atoms with Crippen molar-refractivity contribution in [1.82, 2.24) is 9.47 Å². The van der Waals surface area contributed by atoms with Crippen LogP contribution in [0.15, 0.2) is 24.3 Å². The third kappa shape index (κ3) is 2.51. The van der Waals surface area contributed by atoms with Crippen molar-refractivity contribution >= 4 is 10.9 Å². The van der Waals surface area contributed by atoms with Crippen molar-refractivity contribution in [3.8, 4) is 5.75 Å². The number of hydrogen-bond acceptors (Lipinski definition) is 2. The standard InChI is InChI=1S/C15H22N2O/c1-16(2)10-6-8-13-11-12-7-5-9-14(18-4)15(12)17(13)3/h5,7,9,11H,6,8,10H2,1-4H3. The van der Waals surface area contributed by atoms with E-state index in [9.17, 15) is 0 Å². The summed E-state index contributed by atoms with van der Waals surface area (Å²) >= 11 is 0. The Morgan fingerprint density at radius 2 is 2.06 bits per heavy atom. The quantitative estimate of drug-likeness (QED) is 0.807. The second-order valence-corrected chi connectivity index (χ2v) is 5.00. The summed E-state index contributed by atoms with van der Waals surface area (Å²) in [6.07, 6.45) is 2.28. The van der Waals surface area contributed by atoms with Crippen LogP contribution >= 0.6 is 0 Å². The molecule has 0 unspecified atom stereocenters. The number of nitrogens with zero attached hydrogens (tertiary/aromatic N) is 2. The van der Waals surface area contributed by atoms with Gasteiger partial charge in [0.25, 0.3) is 0 Å². The van der Waals surface area contributed by atoms with Crippen LogP contribution in [0.3, 0.4) is 0 Å². The van der Waals surface area contributed by atoms with Gasteiger partial charge in [0, 0.05) is 18.1 Å². The molecule has 0 radical (unpaired) electrons. The number of aromatic nitrogens is 1. The van der Waals surface area contributed by atoms with Crippen LogP contribution in [0.5, 0.6) is 5.75 Å². The van der Waals surface area contributed by atoms with E-state index in [1.54, 1.807) is 7.11 Å². The lowest BCUT2D eigenvalue weighted by molar-refractivity contribution is 0.398. The molecule has 0 saturated heterocycles. The van der Waals surface area contributed by atoms with E-state index in [0.29, 0.717) is 0 Å². The number of para-hydroxylation sites is 1. The van der Waals surface area contributed by atoms with Crippen LogP contribution in [0.25, 0.3) is 10.9 Å². The highest BCUT2D eigenvalue weighted by Crippen LogP contribution is 2.28. The van der Waals surface area contributed by atoms with E-state index >= 15 is 0 Å². The number of methoxy groups -OCH3 is 1. The van der Waals surface area contributed by atoms with E-state index in [0.717, 1.165) is 18.7 Å². The number of aryl methyl sites for hydroxylation is 2. The Morgan fingerprint density at radius 1 is 1.28 bits per heavy atom. The molecule has 0 aliphatic carbocycles. The maximum Gasteiger partial charge on any atom is 0.143 e. The predicted octanol–water partition coefficient (Wildman–Crippen LogP) is 2.68. The smallest absolute Gasteiger partial charge is 0.143 e. The van der Waals surface area contributed by atoms with Gasteiger partial charge in [-0.15, -0.1) is 0 Å². The molecule has 0 spiro atoms. The number of ether oxygens (including phenoxy) is 1. The number of fused-ring (bicyclic) bond motifs is 1. The fourth-order valence-corrected chi connectivity index (χ4v) is 2.42. The molecule has 0 bridgehead atoms. The molecule has 98 valence electrons. The second kappa shape index (κ2) is 5.44. The first-order valence-electron chi connectivity index (χ1n) is 6.39. The van der Waals surface area contributed by atoms with Gasteiger partial charge in [0.1, 0.15) is 5.75 Å². The average Bonchev–Trinajstić information content (AvgIpc) is 2.66. The first-order chi connectivity index (χ1) is 8.63. The van der Waals surface area contributed by atoms with Crippen molar-refractivity contribution in [3.05, 3.63) is 30.0 Å². The topological polar surface area (TPSA) is 17.4 Å². The van der Waals surface area contributed by atoms with Crippen LogP contribution in [0.1, 0.15) is 12.1 Å². The van der Waals surface area contributed by atoms with Crippen molar-refractivity contribution in [2.24, 2.45) is 7.05 Å². The lowest BCUT2D eigenvalue weighted by Gasteiger charge is -2.10. The summed E-state index contributed by atoms with van der Waals surface area (Å²) in [7, 11) is 8.08. The molecule has 18 heavy (non-hydrogen) atoms. The fraction of sp³-hybridized carbons (Fsp3) is 0.467. The Balaban J connectivity index is 2.27. The van der Waals surface area contributed by atoms with Crippen LogP contribution in [-0.2, 0) is 13.5 Å². The third-order valence-corrected chi connectivity index (χ3v) is 3.38. The first-order valence-corrected chi connectivity index (χ1v) is 6.39. The van der Waals surface area contributed by atoms with E-state index in [1.165, 1.54) is 23.0 Å². The van der Waals surface area contributed by atoms with Crippen LogP contribution in [0.2, 0.25) is 0 Å². The normalized spacial score (nSPS) is 11.4. The zero-order valence-electron chi connectivity index (χ0n) is 11.7. The van der Waals surface area contributed by atoms with Crippen molar-refractivity contribution in [3.63, 3.8) is 0 Å². The monoisotopic (exact) mass is 246 g/mol. The Morgan fingerprint density at radius 3 is 2.72 bits per heavy atom. The lowest BCUT2D eigenvalue weighted by Crippen LogP contribution is -2.14. The average molecular weight is 246 g/mol.